The summed E-state index contributed by atoms with van der Waals surface area (Å²) in [7, 11) is 2.19. The summed E-state index contributed by atoms with van der Waals surface area (Å²) in [6.45, 7) is 14.5. The largest absolute Gasteiger partial charge is 0.327 e. The minimum absolute atomic E-state index is 0.220. The molecule has 0 radical (unpaired) electrons. The van der Waals surface area contributed by atoms with Gasteiger partial charge in [0, 0.05) is 12.1 Å². The molecule has 0 aliphatic carbocycles. The summed E-state index contributed by atoms with van der Waals surface area (Å²) in [6.07, 6.45) is 1.05. The Morgan fingerprint density at radius 2 is 1.57 bits per heavy atom. The standard InChI is InChI=1S/C19H34N2/c1-14(2)18(20)12-13-21(7)15(3)16-8-10-17(11-9-16)19(4,5)6/h8-11,14-15,18H,12-13,20H2,1-7H3. The molecule has 2 atom stereocenters. The molecule has 0 aromatic heterocycles. The van der Waals surface area contributed by atoms with Gasteiger partial charge in [-0.05, 0) is 49.4 Å². The molecule has 0 saturated carbocycles. The third-order valence-corrected chi connectivity index (χ3v) is 4.59. The van der Waals surface area contributed by atoms with Crippen LogP contribution in [0.4, 0.5) is 0 Å². The zero-order valence-corrected chi connectivity index (χ0v) is 15.0. The van der Waals surface area contributed by atoms with Crippen molar-refractivity contribution in [2.24, 2.45) is 11.7 Å². The van der Waals surface area contributed by atoms with E-state index in [9.17, 15) is 0 Å². The van der Waals surface area contributed by atoms with Gasteiger partial charge in [-0.1, -0.05) is 58.9 Å². The van der Waals surface area contributed by atoms with Crippen LogP contribution in [0, 0.1) is 5.92 Å². The van der Waals surface area contributed by atoms with Crippen LogP contribution in [0.25, 0.3) is 0 Å². The van der Waals surface area contributed by atoms with Gasteiger partial charge in [0.05, 0.1) is 0 Å². The number of nitrogens with zero attached hydrogens (tertiary/aromatic N) is 1. The summed E-state index contributed by atoms with van der Waals surface area (Å²) >= 11 is 0. The maximum atomic E-state index is 6.14. The minimum Gasteiger partial charge on any atom is -0.327 e. The molecule has 2 N–H and O–H groups in total. The van der Waals surface area contributed by atoms with Gasteiger partial charge >= 0.3 is 0 Å². The summed E-state index contributed by atoms with van der Waals surface area (Å²) in [5.41, 5.74) is 9.13. The van der Waals surface area contributed by atoms with Gasteiger partial charge in [-0.3, -0.25) is 4.90 Å². The number of nitrogens with two attached hydrogens (primary N) is 1. The number of benzene rings is 1. The lowest BCUT2D eigenvalue weighted by molar-refractivity contribution is 0.243. The molecule has 0 amide bonds. The first kappa shape index (κ1) is 18.2. The van der Waals surface area contributed by atoms with E-state index in [2.05, 4.69) is 77.8 Å². The van der Waals surface area contributed by atoms with Crippen LogP contribution in [0.5, 0.6) is 0 Å². The van der Waals surface area contributed by atoms with Crippen LogP contribution in [0.15, 0.2) is 24.3 Å². The van der Waals surface area contributed by atoms with Crippen molar-refractivity contribution in [2.75, 3.05) is 13.6 Å². The van der Waals surface area contributed by atoms with Crippen molar-refractivity contribution >= 4 is 0 Å². The first-order valence-electron chi connectivity index (χ1n) is 8.19. The van der Waals surface area contributed by atoms with E-state index in [0.29, 0.717) is 18.0 Å². The normalized spacial score (nSPS) is 15.5. The zero-order valence-electron chi connectivity index (χ0n) is 15.0. The summed E-state index contributed by atoms with van der Waals surface area (Å²) in [5.74, 6) is 0.555. The zero-order chi connectivity index (χ0) is 16.2. The molecule has 120 valence electrons. The van der Waals surface area contributed by atoms with Crippen LogP contribution >= 0.6 is 0 Å². The summed E-state index contributed by atoms with van der Waals surface area (Å²) in [5, 5.41) is 0. The fraction of sp³-hybridized carbons (Fsp3) is 0.684. The highest BCUT2D eigenvalue weighted by atomic mass is 15.1. The minimum atomic E-state index is 0.220. The second-order valence-corrected chi connectivity index (χ2v) is 7.73. The average molecular weight is 290 g/mol. The van der Waals surface area contributed by atoms with E-state index in [1.54, 1.807) is 0 Å². The molecule has 2 nitrogen and oxygen atoms in total. The molecule has 0 saturated heterocycles. The smallest absolute Gasteiger partial charge is 0.0316 e. The van der Waals surface area contributed by atoms with Gasteiger partial charge in [0.2, 0.25) is 0 Å². The van der Waals surface area contributed by atoms with Crippen molar-refractivity contribution in [3.05, 3.63) is 35.4 Å². The highest BCUT2D eigenvalue weighted by Gasteiger charge is 2.16. The SMILES string of the molecule is CC(C)C(N)CCN(C)C(C)c1ccc(C(C)(C)C)cc1. The van der Waals surface area contributed by atoms with Crippen molar-refractivity contribution in [3.8, 4) is 0 Å². The molecule has 0 spiro atoms. The highest BCUT2D eigenvalue weighted by molar-refractivity contribution is 5.29. The Balaban J connectivity index is 2.64. The molecule has 2 unspecified atom stereocenters. The van der Waals surface area contributed by atoms with Crippen molar-refractivity contribution in [1.29, 1.82) is 0 Å². The van der Waals surface area contributed by atoms with Gasteiger partial charge < -0.3 is 5.73 Å². The summed E-state index contributed by atoms with van der Waals surface area (Å²) < 4.78 is 0. The van der Waals surface area contributed by atoms with Crippen LogP contribution in [0.3, 0.4) is 0 Å². The molecule has 0 aliphatic heterocycles. The predicted octanol–water partition coefficient (Wildman–Crippen LogP) is 4.35. The molecule has 0 heterocycles. The molecule has 0 bridgehead atoms. The Bertz CT molecular complexity index is 414. The fourth-order valence-electron chi connectivity index (χ4n) is 2.40. The van der Waals surface area contributed by atoms with Crippen molar-refractivity contribution in [3.63, 3.8) is 0 Å². The van der Waals surface area contributed by atoms with Crippen LogP contribution in [-0.4, -0.2) is 24.5 Å². The maximum absolute atomic E-state index is 6.14. The van der Waals surface area contributed by atoms with Crippen LogP contribution in [0.1, 0.15) is 65.1 Å². The van der Waals surface area contributed by atoms with Gasteiger partial charge in [-0.25, -0.2) is 0 Å². The Morgan fingerprint density at radius 3 is 2.00 bits per heavy atom. The second-order valence-electron chi connectivity index (χ2n) is 7.73. The van der Waals surface area contributed by atoms with Crippen LogP contribution < -0.4 is 5.73 Å². The van der Waals surface area contributed by atoms with Crippen molar-refractivity contribution < 1.29 is 0 Å². The molecule has 0 fully saturated rings. The van der Waals surface area contributed by atoms with E-state index in [1.165, 1.54) is 11.1 Å². The van der Waals surface area contributed by atoms with E-state index in [0.717, 1.165) is 13.0 Å². The van der Waals surface area contributed by atoms with Gasteiger partial charge in [0.1, 0.15) is 0 Å². The number of hydrogen-bond acceptors (Lipinski definition) is 2. The molecule has 1 aromatic carbocycles. The maximum Gasteiger partial charge on any atom is 0.0316 e. The van der Waals surface area contributed by atoms with E-state index >= 15 is 0 Å². The number of hydrogen-bond donors (Lipinski definition) is 1. The molecule has 0 aliphatic rings. The van der Waals surface area contributed by atoms with Crippen LogP contribution in [0.2, 0.25) is 0 Å². The van der Waals surface area contributed by atoms with Gasteiger partial charge in [-0.15, -0.1) is 0 Å². The fourth-order valence-corrected chi connectivity index (χ4v) is 2.40. The lowest BCUT2D eigenvalue weighted by atomic mass is 9.86. The molecule has 2 heteroatoms. The van der Waals surface area contributed by atoms with Crippen molar-refractivity contribution in [2.45, 2.75) is 65.5 Å². The highest BCUT2D eigenvalue weighted by Crippen LogP contribution is 2.25. The molecular formula is C19H34N2. The van der Waals surface area contributed by atoms with Gasteiger partial charge in [-0.2, -0.15) is 0 Å². The quantitative estimate of drug-likeness (QED) is 0.844. The first-order chi connectivity index (χ1) is 9.62. The van der Waals surface area contributed by atoms with Crippen molar-refractivity contribution in [1.82, 2.24) is 4.90 Å². The number of rotatable bonds is 6. The second kappa shape index (κ2) is 7.42. The summed E-state index contributed by atoms with van der Waals surface area (Å²) in [6, 6.07) is 9.79. The Labute approximate surface area is 131 Å². The average Bonchev–Trinajstić information content (AvgIpc) is 2.42. The van der Waals surface area contributed by atoms with E-state index < -0.39 is 0 Å². The Kier molecular flexibility index (Phi) is 6.42. The van der Waals surface area contributed by atoms with Gasteiger partial charge in [0.25, 0.3) is 0 Å². The molecule has 1 rings (SSSR count). The molecule has 1 aromatic rings. The predicted molar refractivity (Wildman–Crippen MR) is 93.6 cm³/mol. The topological polar surface area (TPSA) is 29.3 Å². The van der Waals surface area contributed by atoms with E-state index in [4.69, 9.17) is 5.73 Å². The summed E-state index contributed by atoms with van der Waals surface area (Å²) in [4.78, 5) is 2.40. The van der Waals surface area contributed by atoms with Crippen LogP contribution in [-0.2, 0) is 5.41 Å². The third kappa shape index (κ3) is 5.44. The molecule has 21 heavy (non-hydrogen) atoms. The molecular weight excluding hydrogens is 256 g/mol. The Hall–Kier alpha value is -0.860. The lowest BCUT2D eigenvalue weighted by Crippen LogP contribution is -2.32. The Morgan fingerprint density at radius 1 is 1.05 bits per heavy atom. The van der Waals surface area contributed by atoms with E-state index in [-0.39, 0.29) is 5.41 Å². The lowest BCUT2D eigenvalue weighted by Gasteiger charge is -2.28. The van der Waals surface area contributed by atoms with E-state index in [1.807, 2.05) is 0 Å². The van der Waals surface area contributed by atoms with Gasteiger partial charge in [0.15, 0.2) is 0 Å². The monoisotopic (exact) mass is 290 g/mol. The third-order valence-electron chi connectivity index (χ3n) is 4.59. The first-order valence-corrected chi connectivity index (χ1v) is 8.19.